The van der Waals surface area contributed by atoms with Crippen molar-refractivity contribution in [3.8, 4) is 5.75 Å². The van der Waals surface area contributed by atoms with Gasteiger partial charge in [-0.05, 0) is 74.4 Å². The minimum Gasteiger partial charge on any atom is -0.508 e. The first kappa shape index (κ1) is 33.6. The summed E-state index contributed by atoms with van der Waals surface area (Å²) in [6.45, 7) is 5.46. The molecule has 1 aliphatic rings. The number of amides is 4. The highest BCUT2D eigenvalue weighted by Gasteiger charge is 2.42. The molecule has 48 heavy (non-hydrogen) atoms. The maximum atomic E-state index is 14.4. The van der Waals surface area contributed by atoms with E-state index < -0.39 is 47.6 Å². The Labute approximate surface area is 278 Å². The topological polar surface area (TPSA) is 128 Å². The van der Waals surface area contributed by atoms with Crippen LogP contribution in [-0.2, 0) is 38.8 Å². The molecule has 248 valence electrons. The molecule has 0 aromatic heterocycles. The molecule has 0 bridgehead atoms. The minimum absolute atomic E-state index is 0.0665. The second kappa shape index (κ2) is 14.4. The number of halogens is 1. The number of fused-ring (bicyclic) bond motifs is 1. The second-order valence-electron chi connectivity index (χ2n) is 12.4. The Kier molecular flexibility index (Phi) is 10.1. The van der Waals surface area contributed by atoms with Gasteiger partial charge in [-0.15, -0.1) is 0 Å². The molecular formula is C37H37FN4O6. The van der Waals surface area contributed by atoms with Gasteiger partial charge in [-0.25, -0.2) is 9.18 Å². The van der Waals surface area contributed by atoms with Crippen molar-refractivity contribution in [2.45, 2.75) is 52.4 Å². The number of benzene rings is 4. The average molecular weight is 653 g/mol. The summed E-state index contributed by atoms with van der Waals surface area (Å²) in [5, 5.41) is 15.2. The van der Waals surface area contributed by atoms with Crippen molar-refractivity contribution in [2.75, 3.05) is 9.80 Å². The molecule has 0 saturated carbocycles. The summed E-state index contributed by atoms with van der Waals surface area (Å²) in [7, 11) is 0. The van der Waals surface area contributed by atoms with Gasteiger partial charge in [-0.2, -0.15) is 0 Å². The molecule has 1 aliphatic heterocycles. The Morgan fingerprint density at radius 2 is 1.42 bits per heavy atom. The molecule has 1 atom stereocenters. The van der Waals surface area contributed by atoms with Crippen molar-refractivity contribution in [1.29, 1.82) is 0 Å². The summed E-state index contributed by atoms with van der Waals surface area (Å²) in [6.07, 6.45) is -1.04. The van der Waals surface area contributed by atoms with E-state index in [2.05, 4.69) is 10.6 Å². The van der Waals surface area contributed by atoms with E-state index in [1.807, 2.05) is 0 Å². The fourth-order valence-electron chi connectivity index (χ4n) is 5.30. The van der Waals surface area contributed by atoms with E-state index in [0.717, 1.165) is 5.56 Å². The number of alkyl carbamates (subject to hydrolysis) is 1. The van der Waals surface area contributed by atoms with Crippen molar-refractivity contribution in [3.63, 3.8) is 0 Å². The standard InChI is InChI=1S/C37H37FN4O6/c1-37(2,3)48-36(47)40-21-24-12-16-27(17-13-24)42-32-11-7-6-10-31(32)41(23-25-14-18-28(43)19-15-25)34(45)29(35(42)46)20-33(44)39-22-26-8-4-5-9-30(26)38/h4-19,29,43H,20-23H2,1-3H3,(H,39,44)(H,40,47). The number of anilines is 3. The van der Waals surface area contributed by atoms with E-state index in [0.29, 0.717) is 22.6 Å². The minimum atomic E-state index is -1.41. The van der Waals surface area contributed by atoms with Gasteiger partial charge in [-0.3, -0.25) is 19.3 Å². The highest BCUT2D eigenvalue weighted by atomic mass is 19.1. The smallest absolute Gasteiger partial charge is 0.407 e. The largest absolute Gasteiger partial charge is 0.508 e. The molecule has 1 heterocycles. The predicted molar refractivity (Wildman–Crippen MR) is 179 cm³/mol. The average Bonchev–Trinajstić information content (AvgIpc) is 3.13. The van der Waals surface area contributed by atoms with Crippen LogP contribution in [0.2, 0.25) is 0 Å². The monoisotopic (exact) mass is 652 g/mol. The van der Waals surface area contributed by atoms with Crippen LogP contribution in [0.3, 0.4) is 0 Å². The molecule has 10 nitrogen and oxygen atoms in total. The molecule has 0 spiro atoms. The molecule has 4 amide bonds. The maximum absolute atomic E-state index is 14.4. The first-order chi connectivity index (χ1) is 22.9. The molecule has 1 unspecified atom stereocenters. The van der Waals surface area contributed by atoms with Gasteiger partial charge in [0.25, 0.3) is 0 Å². The van der Waals surface area contributed by atoms with Gasteiger partial charge in [0.1, 0.15) is 23.1 Å². The number of nitrogens with one attached hydrogen (secondary N) is 2. The van der Waals surface area contributed by atoms with Crippen molar-refractivity contribution >= 4 is 40.9 Å². The van der Waals surface area contributed by atoms with Crippen molar-refractivity contribution in [1.82, 2.24) is 10.6 Å². The fraction of sp³-hybridized carbons (Fsp3) is 0.243. The number of hydrogen-bond donors (Lipinski definition) is 3. The second-order valence-corrected chi connectivity index (χ2v) is 12.4. The number of carbonyl (C=O) groups is 4. The summed E-state index contributed by atoms with van der Waals surface area (Å²) in [4.78, 5) is 56.9. The van der Waals surface area contributed by atoms with Crippen LogP contribution < -0.4 is 20.4 Å². The zero-order chi connectivity index (χ0) is 34.4. The molecule has 0 radical (unpaired) electrons. The number of nitrogens with zero attached hydrogens (tertiary/aromatic N) is 2. The van der Waals surface area contributed by atoms with Crippen LogP contribution in [-0.4, -0.2) is 34.5 Å². The third-order valence-electron chi connectivity index (χ3n) is 7.63. The molecule has 4 aromatic carbocycles. The van der Waals surface area contributed by atoms with E-state index in [9.17, 15) is 28.7 Å². The van der Waals surface area contributed by atoms with E-state index >= 15 is 0 Å². The highest BCUT2D eigenvalue weighted by Crippen LogP contribution is 2.40. The molecule has 0 fully saturated rings. The van der Waals surface area contributed by atoms with Gasteiger partial charge in [0, 0.05) is 30.8 Å². The van der Waals surface area contributed by atoms with Gasteiger partial charge in [0.15, 0.2) is 0 Å². The van der Waals surface area contributed by atoms with E-state index in [-0.39, 0.29) is 30.9 Å². The summed E-state index contributed by atoms with van der Waals surface area (Å²) >= 11 is 0. The molecule has 0 aliphatic carbocycles. The number of aromatic hydroxyl groups is 1. The molecule has 5 rings (SSSR count). The first-order valence-corrected chi connectivity index (χ1v) is 15.5. The SMILES string of the molecule is CC(C)(C)OC(=O)NCc1ccc(N2C(=O)C(CC(=O)NCc3ccccc3F)C(=O)N(Cc3ccc(O)cc3)c3ccccc32)cc1. The van der Waals surface area contributed by atoms with Crippen molar-refractivity contribution in [2.24, 2.45) is 5.92 Å². The van der Waals surface area contributed by atoms with E-state index in [1.54, 1.807) is 99.6 Å². The number of hydrogen-bond acceptors (Lipinski definition) is 6. The Morgan fingerprint density at radius 1 is 0.792 bits per heavy atom. The van der Waals surface area contributed by atoms with Crippen LogP contribution in [0, 0.1) is 11.7 Å². The predicted octanol–water partition coefficient (Wildman–Crippen LogP) is 6.09. The lowest BCUT2D eigenvalue weighted by molar-refractivity contribution is -0.136. The zero-order valence-corrected chi connectivity index (χ0v) is 26.9. The lowest BCUT2D eigenvalue weighted by Gasteiger charge is -2.26. The summed E-state index contributed by atoms with van der Waals surface area (Å²) in [5.41, 5.74) is 2.40. The summed E-state index contributed by atoms with van der Waals surface area (Å²) < 4.78 is 19.5. The molecule has 0 saturated heterocycles. The summed E-state index contributed by atoms with van der Waals surface area (Å²) in [6, 6.07) is 26.3. The Hall–Kier alpha value is -5.71. The van der Waals surface area contributed by atoms with Crippen molar-refractivity contribution in [3.05, 3.63) is 120 Å². The Morgan fingerprint density at radius 3 is 2.08 bits per heavy atom. The van der Waals surface area contributed by atoms with Crippen molar-refractivity contribution < 1.29 is 33.4 Å². The zero-order valence-electron chi connectivity index (χ0n) is 26.9. The Bertz CT molecular complexity index is 1800. The van der Waals surface area contributed by atoms with Gasteiger partial charge in [-0.1, -0.05) is 54.6 Å². The number of ether oxygens (including phenoxy) is 1. The number of phenolic OH excluding ortho intramolecular Hbond substituents is 1. The van der Waals surface area contributed by atoms with Gasteiger partial charge in [0.05, 0.1) is 17.9 Å². The van der Waals surface area contributed by atoms with Crippen LogP contribution in [0.15, 0.2) is 97.1 Å². The molecular weight excluding hydrogens is 615 g/mol. The van der Waals surface area contributed by atoms with Gasteiger partial charge < -0.3 is 25.4 Å². The van der Waals surface area contributed by atoms with Crippen LogP contribution in [0.1, 0.15) is 43.9 Å². The van der Waals surface area contributed by atoms with Gasteiger partial charge >= 0.3 is 6.09 Å². The number of rotatable bonds is 9. The number of carbonyl (C=O) groups excluding carboxylic acids is 4. The molecule has 11 heteroatoms. The molecule has 3 N–H and O–H groups in total. The normalized spacial score (nSPS) is 14.6. The van der Waals surface area contributed by atoms with E-state index in [1.165, 1.54) is 28.0 Å². The van der Waals surface area contributed by atoms with Crippen LogP contribution >= 0.6 is 0 Å². The highest BCUT2D eigenvalue weighted by molar-refractivity contribution is 6.21. The van der Waals surface area contributed by atoms with Crippen LogP contribution in [0.5, 0.6) is 5.75 Å². The van der Waals surface area contributed by atoms with E-state index in [4.69, 9.17) is 4.74 Å². The lowest BCUT2D eigenvalue weighted by atomic mass is 10.0. The Balaban J connectivity index is 1.46. The fourth-order valence-corrected chi connectivity index (χ4v) is 5.30. The molecule has 4 aromatic rings. The lowest BCUT2D eigenvalue weighted by Crippen LogP contribution is -2.43. The maximum Gasteiger partial charge on any atom is 0.407 e. The van der Waals surface area contributed by atoms with Gasteiger partial charge in [0.2, 0.25) is 17.7 Å². The number of para-hydroxylation sites is 2. The summed E-state index contributed by atoms with van der Waals surface area (Å²) in [5.74, 6) is -3.61. The van der Waals surface area contributed by atoms with Crippen LogP contribution in [0.25, 0.3) is 0 Å². The third kappa shape index (κ3) is 8.16. The van der Waals surface area contributed by atoms with Crippen LogP contribution in [0.4, 0.5) is 26.2 Å². The quantitative estimate of drug-likeness (QED) is 0.188. The third-order valence-corrected chi connectivity index (χ3v) is 7.63. The number of phenols is 1. The first-order valence-electron chi connectivity index (χ1n) is 15.5.